The number of hydrogen-bond donors (Lipinski definition) is 2. The molecule has 0 aliphatic rings. The first kappa shape index (κ1) is 19.9. The second-order valence-corrected chi connectivity index (χ2v) is 7.38. The number of halogens is 1. The number of rotatable bonds is 6. The molecule has 0 radical (unpaired) electrons. The summed E-state index contributed by atoms with van der Waals surface area (Å²) in [5.41, 5.74) is 5.89. The molecule has 0 unspecified atom stereocenters. The minimum atomic E-state index is -0.384. The van der Waals surface area contributed by atoms with Gasteiger partial charge in [-0.05, 0) is 70.5 Å². The fourth-order valence-corrected chi connectivity index (χ4v) is 3.39. The van der Waals surface area contributed by atoms with Crippen molar-refractivity contribution < 1.29 is 14.6 Å². The molecule has 0 bridgehead atoms. The second kappa shape index (κ2) is 9.36. The molecule has 2 N–H and O–H groups in total. The van der Waals surface area contributed by atoms with Crippen molar-refractivity contribution in [2.45, 2.75) is 6.92 Å². The Bertz CT molecular complexity index is 987. The van der Waals surface area contributed by atoms with Crippen LogP contribution in [0.1, 0.15) is 11.1 Å². The smallest absolute Gasteiger partial charge is 0.277 e. The standard InChI is InChI=1S/C22H19IN2O3/c1-15-11-19(23)12-18(22(15)27)13-24-25-21(26)14-28-20-9-7-17(8-10-20)16-5-3-2-4-6-16/h2-13,27H,14H2,1H3,(H,25,26)/b24-13+. The molecule has 3 aromatic rings. The molecule has 0 saturated heterocycles. The average Bonchev–Trinajstić information content (AvgIpc) is 2.71. The van der Waals surface area contributed by atoms with E-state index < -0.39 is 0 Å². The molecule has 142 valence electrons. The van der Waals surface area contributed by atoms with Gasteiger partial charge < -0.3 is 9.84 Å². The van der Waals surface area contributed by atoms with Gasteiger partial charge in [0.05, 0.1) is 6.21 Å². The summed E-state index contributed by atoms with van der Waals surface area (Å²) in [4.78, 5) is 11.9. The van der Waals surface area contributed by atoms with Crippen molar-refractivity contribution in [2.75, 3.05) is 6.61 Å². The van der Waals surface area contributed by atoms with Crippen LogP contribution in [0.15, 0.2) is 71.8 Å². The van der Waals surface area contributed by atoms with E-state index in [0.717, 1.165) is 20.3 Å². The third kappa shape index (κ3) is 5.32. The summed E-state index contributed by atoms with van der Waals surface area (Å²) >= 11 is 2.16. The van der Waals surface area contributed by atoms with E-state index in [0.29, 0.717) is 11.3 Å². The fraction of sp³-hybridized carbons (Fsp3) is 0.0909. The van der Waals surface area contributed by atoms with Gasteiger partial charge >= 0.3 is 0 Å². The van der Waals surface area contributed by atoms with Crippen LogP contribution in [-0.2, 0) is 4.79 Å². The third-order valence-electron chi connectivity index (χ3n) is 4.02. The van der Waals surface area contributed by atoms with Gasteiger partial charge in [0, 0.05) is 9.13 Å². The van der Waals surface area contributed by atoms with Crippen molar-refractivity contribution in [2.24, 2.45) is 5.10 Å². The van der Waals surface area contributed by atoms with Crippen LogP contribution in [0.2, 0.25) is 0 Å². The topological polar surface area (TPSA) is 70.9 Å². The highest BCUT2D eigenvalue weighted by Crippen LogP contribution is 2.23. The normalized spacial score (nSPS) is 10.8. The van der Waals surface area contributed by atoms with Gasteiger partial charge in [0.15, 0.2) is 6.61 Å². The Balaban J connectivity index is 1.52. The third-order valence-corrected chi connectivity index (χ3v) is 4.64. The molecular weight excluding hydrogens is 467 g/mol. The average molecular weight is 486 g/mol. The first-order valence-corrected chi connectivity index (χ1v) is 9.70. The molecule has 0 fully saturated rings. The summed E-state index contributed by atoms with van der Waals surface area (Å²) in [6.45, 7) is 1.66. The maximum Gasteiger partial charge on any atom is 0.277 e. The largest absolute Gasteiger partial charge is 0.507 e. The summed E-state index contributed by atoms with van der Waals surface area (Å²) in [5.74, 6) is 0.364. The van der Waals surface area contributed by atoms with Crippen molar-refractivity contribution in [3.8, 4) is 22.6 Å². The number of aryl methyl sites for hydroxylation is 1. The van der Waals surface area contributed by atoms with Crippen molar-refractivity contribution in [3.63, 3.8) is 0 Å². The summed E-state index contributed by atoms with van der Waals surface area (Å²) < 4.78 is 6.46. The van der Waals surface area contributed by atoms with Gasteiger partial charge in [0.2, 0.25) is 0 Å². The molecule has 0 aromatic heterocycles. The van der Waals surface area contributed by atoms with E-state index in [-0.39, 0.29) is 18.3 Å². The monoisotopic (exact) mass is 486 g/mol. The molecule has 3 aromatic carbocycles. The Morgan fingerprint density at radius 3 is 2.50 bits per heavy atom. The number of benzene rings is 3. The number of carbonyl (C=O) groups is 1. The number of phenolic OH excluding ortho intramolecular Hbond substituents is 1. The van der Waals surface area contributed by atoms with Crippen molar-refractivity contribution in [3.05, 3.63) is 81.4 Å². The number of aromatic hydroxyl groups is 1. The molecule has 0 aliphatic heterocycles. The lowest BCUT2D eigenvalue weighted by Gasteiger charge is -2.07. The Morgan fingerprint density at radius 1 is 1.11 bits per heavy atom. The van der Waals surface area contributed by atoms with Gasteiger partial charge in [-0.1, -0.05) is 42.5 Å². The summed E-state index contributed by atoms with van der Waals surface area (Å²) in [7, 11) is 0. The second-order valence-electron chi connectivity index (χ2n) is 6.13. The highest BCUT2D eigenvalue weighted by atomic mass is 127. The Morgan fingerprint density at radius 2 is 1.79 bits per heavy atom. The summed E-state index contributed by atoms with van der Waals surface area (Å²) in [6, 6.07) is 21.2. The van der Waals surface area contributed by atoms with Crippen LogP contribution in [-0.4, -0.2) is 23.8 Å². The van der Waals surface area contributed by atoms with Crippen LogP contribution >= 0.6 is 22.6 Å². The number of hydrazone groups is 1. The number of nitrogens with one attached hydrogen (secondary N) is 1. The van der Waals surface area contributed by atoms with Crippen LogP contribution in [0.4, 0.5) is 0 Å². The minimum absolute atomic E-state index is 0.146. The van der Waals surface area contributed by atoms with Crippen molar-refractivity contribution in [1.29, 1.82) is 0 Å². The molecular formula is C22H19IN2O3. The summed E-state index contributed by atoms with van der Waals surface area (Å²) in [5, 5.41) is 13.9. The SMILES string of the molecule is Cc1cc(I)cc(/C=N/NC(=O)COc2ccc(-c3ccccc3)cc2)c1O. The van der Waals surface area contributed by atoms with E-state index >= 15 is 0 Å². The van der Waals surface area contributed by atoms with Crippen LogP contribution < -0.4 is 10.2 Å². The van der Waals surface area contributed by atoms with Gasteiger partial charge in [0.1, 0.15) is 11.5 Å². The zero-order valence-corrected chi connectivity index (χ0v) is 17.4. The Labute approximate surface area is 177 Å². The molecule has 6 heteroatoms. The Hall–Kier alpha value is -2.87. The lowest BCUT2D eigenvalue weighted by atomic mass is 10.1. The van der Waals surface area contributed by atoms with E-state index in [1.807, 2.05) is 67.6 Å². The van der Waals surface area contributed by atoms with Gasteiger partial charge in [-0.25, -0.2) is 5.43 Å². The zero-order valence-electron chi connectivity index (χ0n) is 15.2. The van der Waals surface area contributed by atoms with Crippen LogP contribution in [0.25, 0.3) is 11.1 Å². The number of amides is 1. The van der Waals surface area contributed by atoms with E-state index in [9.17, 15) is 9.90 Å². The van der Waals surface area contributed by atoms with Gasteiger partial charge in [0.25, 0.3) is 5.91 Å². The predicted octanol–water partition coefficient (Wildman–Crippen LogP) is 4.50. The number of carbonyl (C=O) groups excluding carboxylic acids is 1. The number of ether oxygens (including phenoxy) is 1. The van der Waals surface area contributed by atoms with Gasteiger partial charge in [-0.2, -0.15) is 5.10 Å². The predicted molar refractivity (Wildman–Crippen MR) is 119 cm³/mol. The maximum atomic E-state index is 11.9. The molecule has 0 spiro atoms. The number of nitrogens with zero attached hydrogens (tertiary/aromatic N) is 1. The van der Waals surface area contributed by atoms with E-state index in [1.54, 1.807) is 6.07 Å². The summed E-state index contributed by atoms with van der Waals surface area (Å²) in [6.07, 6.45) is 1.41. The van der Waals surface area contributed by atoms with Crippen molar-refractivity contribution in [1.82, 2.24) is 5.43 Å². The molecule has 5 nitrogen and oxygen atoms in total. The Kier molecular flexibility index (Phi) is 6.65. The molecule has 0 aliphatic carbocycles. The molecule has 0 saturated carbocycles. The lowest BCUT2D eigenvalue weighted by molar-refractivity contribution is -0.123. The molecule has 0 heterocycles. The van der Waals surface area contributed by atoms with Crippen LogP contribution in [0.3, 0.4) is 0 Å². The zero-order chi connectivity index (χ0) is 19.9. The highest BCUT2D eigenvalue weighted by molar-refractivity contribution is 14.1. The first-order chi connectivity index (χ1) is 13.5. The molecule has 28 heavy (non-hydrogen) atoms. The maximum absolute atomic E-state index is 11.9. The number of phenols is 1. The lowest BCUT2D eigenvalue weighted by Crippen LogP contribution is -2.24. The van der Waals surface area contributed by atoms with Gasteiger partial charge in [-0.3, -0.25) is 4.79 Å². The van der Waals surface area contributed by atoms with E-state index in [1.165, 1.54) is 6.21 Å². The quantitative estimate of drug-likeness (QED) is 0.306. The van der Waals surface area contributed by atoms with Crippen LogP contribution in [0, 0.1) is 10.5 Å². The number of hydrogen-bond acceptors (Lipinski definition) is 4. The minimum Gasteiger partial charge on any atom is -0.507 e. The van der Waals surface area contributed by atoms with Crippen LogP contribution in [0.5, 0.6) is 11.5 Å². The molecule has 1 amide bonds. The first-order valence-electron chi connectivity index (χ1n) is 8.62. The van der Waals surface area contributed by atoms with E-state index in [4.69, 9.17) is 4.74 Å². The molecule has 3 rings (SSSR count). The fourth-order valence-electron chi connectivity index (χ4n) is 2.59. The highest BCUT2D eigenvalue weighted by Gasteiger charge is 2.05. The van der Waals surface area contributed by atoms with E-state index in [2.05, 4.69) is 33.1 Å². The van der Waals surface area contributed by atoms with Gasteiger partial charge in [-0.15, -0.1) is 0 Å². The van der Waals surface area contributed by atoms with Crippen molar-refractivity contribution >= 4 is 34.7 Å². The molecule has 0 atom stereocenters.